The van der Waals surface area contributed by atoms with Gasteiger partial charge in [-0.2, -0.15) is 0 Å². The van der Waals surface area contributed by atoms with Crippen LogP contribution in [-0.2, 0) is 38.1 Å². The molecule has 0 unspecified atom stereocenters. The fourth-order valence-corrected chi connectivity index (χ4v) is 5.55. The molecule has 0 saturated carbocycles. The first-order valence-electron chi connectivity index (χ1n) is 13.2. The van der Waals surface area contributed by atoms with E-state index in [2.05, 4.69) is 35.4 Å². The van der Waals surface area contributed by atoms with Crippen molar-refractivity contribution in [3.8, 4) is 0 Å². The summed E-state index contributed by atoms with van der Waals surface area (Å²) in [7, 11) is -3.73. The Morgan fingerprint density at radius 3 is 2.29 bits per heavy atom. The number of anilines is 1. The van der Waals surface area contributed by atoms with Gasteiger partial charge >= 0.3 is 0 Å². The fourth-order valence-electron chi connectivity index (χ4n) is 4.53. The molecule has 0 atom stereocenters. The van der Waals surface area contributed by atoms with Crippen LogP contribution in [0.3, 0.4) is 0 Å². The lowest BCUT2D eigenvalue weighted by molar-refractivity contribution is -0.123. The Balaban J connectivity index is 1.49. The summed E-state index contributed by atoms with van der Waals surface area (Å²) in [4.78, 5) is 17.3. The lowest BCUT2D eigenvalue weighted by Crippen LogP contribution is -2.27. The van der Waals surface area contributed by atoms with E-state index in [0.29, 0.717) is 11.6 Å². The van der Waals surface area contributed by atoms with E-state index in [9.17, 15) is 13.2 Å². The van der Waals surface area contributed by atoms with Crippen LogP contribution in [-0.4, -0.2) is 37.1 Å². The molecule has 4 rings (SSSR count). The van der Waals surface area contributed by atoms with Gasteiger partial charge in [0.25, 0.3) is 0 Å². The minimum Gasteiger partial charge on any atom is -0.381 e. The summed E-state index contributed by atoms with van der Waals surface area (Å²) in [5.41, 5.74) is 2.68. The van der Waals surface area contributed by atoms with Gasteiger partial charge in [0.15, 0.2) is 0 Å². The van der Waals surface area contributed by atoms with Gasteiger partial charge in [0, 0.05) is 42.8 Å². The molecule has 1 saturated heterocycles. The van der Waals surface area contributed by atoms with Gasteiger partial charge in [0.2, 0.25) is 15.9 Å². The highest BCUT2D eigenvalue weighted by molar-refractivity contribution is 7.89. The second-order valence-corrected chi connectivity index (χ2v) is 14.0. The summed E-state index contributed by atoms with van der Waals surface area (Å²) in [6.07, 6.45) is 2.10. The summed E-state index contributed by atoms with van der Waals surface area (Å²) in [5.74, 6) is 1.46. The van der Waals surface area contributed by atoms with E-state index in [1.54, 1.807) is 12.1 Å². The second-order valence-electron chi connectivity index (χ2n) is 12.2. The number of sulfonamides is 1. The highest BCUT2D eigenvalue weighted by Crippen LogP contribution is 2.30. The maximum absolute atomic E-state index is 12.9. The lowest BCUT2D eigenvalue weighted by atomic mass is 9.94. The number of nitrogens with zero attached hydrogens (tertiary/aromatic N) is 2. The first-order valence-corrected chi connectivity index (χ1v) is 14.7. The first kappa shape index (κ1) is 28.3. The minimum atomic E-state index is -3.73. The molecule has 8 nitrogen and oxygen atoms in total. The van der Waals surface area contributed by atoms with Crippen LogP contribution < -0.4 is 10.0 Å². The van der Waals surface area contributed by atoms with Crippen LogP contribution in [0.4, 0.5) is 5.69 Å². The number of benzene rings is 2. The summed E-state index contributed by atoms with van der Waals surface area (Å²) < 4.78 is 36.5. The molecule has 2 aromatic carbocycles. The molecule has 2 N–H and O–H groups in total. The van der Waals surface area contributed by atoms with Crippen molar-refractivity contribution in [3.63, 3.8) is 0 Å². The fraction of sp³-hybridized carbons (Fsp3) is 0.517. The van der Waals surface area contributed by atoms with Gasteiger partial charge in [-0.3, -0.25) is 4.79 Å². The van der Waals surface area contributed by atoms with Crippen molar-refractivity contribution in [2.75, 3.05) is 18.5 Å². The second kappa shape index (κ2) is 10.8. The number of hydrogen-bond donors (Lipinski definition) is 2. The minimum absolute atomic E-state index is 0.121. The maximum atomic E-state index is 12.9. The molecule has 0 radical (unpaired) electrons. The Labute approximate surface area is 226 Å². The summed E-state index contributed by atoms with van der Waals surface area (Å²) in [6.45, 7) is 14.6. The largest absolute Gasteiger partial charge is 0.381 e. The van der Waals surface area contributed by atoms with Crippen LogP contribution in [0.2, 0.25) is 0 Å². The van der Waals surface area contributed by atoms with Gasteiger partial charge in [-0.25, -0.2) is 18.1 Å². The number of fused-ring (bicyclic) bond motifs is 1. The average Bonchev–Trinajstić information content (AvgIpc) is 3.21. The first-order chi connectivity index (χ1) is 17.7. The number of nitrogens with one attached hydrogen (secondary N) is 2. The molecule has 0 bridgehead atoms. The van der Waals surface area contributed by atoms with E-state index in [0.717, 1.165) is 55.0 Å². The number of amides is 1. The number of ether oxygens (including phenoxy) is 1. The molecule has 1 aliphatic heterocycles. The molecule has 0 spiro atoms. The molecule has 9 heteroatoms. The predicted octanol–water partition coefficient (Wildman–Crippen LogP) is 5.22. The average molecular weight is 541 g/mol. The van der Waals surface area contributed by atoms with Crippen molar-refractivity contribution >= 4 is 32.7 Å². The van der Waals surface area contributed by atoms with Crippen molar-refractivity contribution in [3.05, 3.63) is 53.9 Å². The van der Waals surface area contributed by atoms with Crippen molar-refractivity contribution in [1.82, 2.24) is 14.3 Å². The van der Waals surface area contributed by atoms with E-state index >= 15 is 0 Å². The SMILES string of the molecule is CC(C)(C)C(=O)Nc1ccc(S(=O)(=O)NCc2ccc3c(c2)nc(C(C)(C)C)n3CC2CCOCC2)cc1. The van der Waals surface area contributed by atoms with Crippen LogP contribution in [0.5, 0.6) is 0 Å². The molecule has 2 heterocycles. The van der Waals surface area contributed by atoms with Crippen LogP contribution in [0.15, 0.2) is 47.4 Å². The van der Waals surface area contributed by atoms with Crippen LogP contribution >= 0.6 is 0 Å². The summed E-state index contributed by atoms with van der Waals surface area (Å²) >= 11 is 0. The highest BCUT2D eigenvalue weighted by atomic mass is 32.2. The maximum Gasteiger partial charge on any atom is 0.240 e. The Kier molecular flexibility index (Phi) is 8.02. The van der Waals surface area contributed by atoms with Gasteiger partial charge in [0.05, 0.1) is 15.9 Å². The molecule has 0 aliphatic carbocycles. The molecule has 1 aromatic heterocycles. The molecule has 1 amide bonds. The third-order valence-electron chi connectivity index (χ3n) is 6.84. The summed E-state index contributed by atoms with van der Waals surface area (Å²) in [6, 6.07) is 12.2. The number of carbonyl (C=O) groups is 1. The van der Waals surface area contributed by atoms with Crippen LogP contribution in [0, 0.1) is 11.3 Å². The van der Waals surface area contributed by atoms with E-state index < -0.39 is 15.4 Å². The van der Waals surface area contributed by atoms with Gasteiger partial charge < -0.3 is 14.6 Å². The van der Waals surface area contributed by atoms with Gasteiger partial charge in [0.1, 0.15) is 5.82 Å². The van der Waals surface area contributed by atoms with Crippen molar-refractivity contribution in [2.45, 2.75) is 77.8 Å². The number of carbonyl (C=O) groups excluding carboxylic acids is 1. The lowest BCUT2D eigenvalue weighted by Gasteiger charge is -2.26. The van der Waals surface area contributed by atoms with E-state index in [-0.39, 0.29) is 22.8 Å². The number of hydrogen-bond acceptors (Lipinski definition) is 5. The van der Waals surface area contributed by atoms with Gasteiger partial charge in [-0.15, -0.1) is 0 Å². The Hall–Kier alpha value is -2.75. The molecule has 206 valence electrons. The predicted molar refractivity (Wildman–Crippen MR) is 151 cm³/mol. The molecule has 1 aliphatic rings. The van der Waals surface area contributed by atoms with Crippen LogP contribution in [0.25, 0.3) is 11.0 Å². The Bertz CT molecular complexity index is 1390. The van der Waals surface area contributed by atoms with E-state index in [4.69, 9.17) is 9.72 Å². The standard InChI is InChI=1S/C29H40N4O4S/c1-28(2,3)26-32-24-17-21(7-12-25(24)33(26)19-20-13-15-37-16-14-20)18-30-38(35,36)23-10-8-22(9-11-23)31-27(34)29(4,5)6/h7-12,17,20,30H,13-16,18-19H2,1-6H3,(H,31,34). The summed E-state index contributed by atoms with van der Waals surface area (Å²) in [5, 5.41) is 2.81. The molecule has 38 heavy (non-hydrogen) atoms. The third-order valence-corrected chi connectivity index (χ3v) is 8.25. The van der Waals surface area contributed by atoms with Crippen LogP contribution in [0.1, 0.15) is 65.8 Å². The van der Waals surface area contributed by atoms with Crippen molar-refractivity contribution in [1.29, 1.82) is 0 Å². The topological polar surface area (TPSA) is 102 Å². The quantitative estimate of drug-likeness (QED) is 0.428. The van der Waals surface area contributed by atoms with Crippen molar-refractivity contribution < 1.29 is 17.9 Å². The Morgan fingerprint density at radius 1 is 1.03 bits per heavy atom. The number of imidazole rings is 1. The number of rotatable bonds is 7. The molecule has 3 aromatic rings. The Morgan fingerprint density at radius 2 is 1.68 bits per heavy atom. The zero-order valence-corrected chi connectivity index (χ0v) is 24.1. The zero-order chi connectivity index (χ0) is 27.7. The molecular formula is C29H40N4O4S. The third kappa shape index (κ3) is 6.62. The van der Waals surface area contributed by atoms with E-state index in [1.807, 2.05) is 39.0 Å². The van der Waals surface area contributed by atoms with Crippen molar-refractivity contribution in [2.24, 2.45) is 11.3 Å². The monoisotopic (exact) mass is 540 g/mol. The number of aromatic nitrogens is 2. The van der Waals surface area contributed by atoms with E-state index in [1.165, 1.54) is 12.1 Å². The van der Waals surface area contributed by atoms with Gasteiger partial charge in [-0.05, 0) is 60.7 Å². The smallest absolute Gasteiger partial charge is 0.240 e. The zero-order valence-electron chi connectivity index (χ0n) is 23.3. The van der Waals surface area contributed by atoms with Gasteiger partial charge in [-0.1, -0.05) is 47.6 Å². The normalized spacial score (nSPS) is 15.6. The molecule has 1 fully saturated rings. The molecular weight excluding hydrogens is 500 g/mol. The highest BCUT2D eigenvalue weighted by Gasteiger charge is 2.26.